The third-order valence-electron chi connectivity index (χ3n) is 6.48. The van der Waals surface area contributed by atoms with Crippen LogP contribution in [0.15, 0.2) is 12.1 Å². The number of phenolic OH excluding ortho intramolecular Hbond substituents is 1. The van der Waals surface area contributed by atoms with Gasteiger partial charge in [-0.3, -0.25) is 0 Å². The summed E-state index contributed by atoms with van der Waals surface area (Å²) in [6, 6.07) is 4.20. The SMILES string of the molecule is COc1ccc2c(c1O)[C@]13CCN(C)[C@H](C2)[C@@H]1CCC(F)C3Cl. The second-order valence-electron chi connectivity index (χ2n) is 7.29. The van der Waals surface area contributed by atoms with Crippen molar-refractivity contribution in [2.45, 2.75) is 48.7 Å². The molecule has 0 spiro atoms. The molecule has 0 amide bonds. The Hall–Kier alpha value is -1.00. The van der Waals surface area contributed by atoms with Crippen molar-refractivity contribution in [2.24, 2.45) is 5.92 Å². The molecule has 5 atom stereocenters. The zero-order chi connectivity index (χ0) is 16.4. The highest BCUT2D eigenvalue weighted by atomic mass is 35.5. The van der Waals surface area contributed by atoms with Crippen molar-refractivity contribution in [1.82, 2.24) is 4.90 Å². The van der Waals surface area contributed by atoms with Gasteiger partial charge in [-0.15, -0.1) is 11.6 Å². The number of benzene rings is 1. The number of halogens is 2. The predicted octanol–water partition coefficient (Wildman–Crippen LogP) is 3.25. The van der Waals surface area contributed by atoms with Crippen LogP contribution in [0.2, 0.25) is 0 Å². The van der Waals surface area contributed by atoms with Gasteiger partial charge in [-0.1, -0.05) is 6.07 Å². The molecule has 126 valence electrons. The van der Waals surface area contributed by atoms with Crippen molar-refractivity contribution in [3.63, 3.8) is 0 Å². The molecule has 1 saturated carbocycles. The largest absolute Gasteiger partial charge is 0.504 e. The first-order valence-electron chi connectivity index (χ1n) is 8.38. The quantitative estimate of drug-likeness (QED) is 0.797. The molecule has 2 aliphatic carbocycles. The minimum Gasteiger partial charge on any atom is -0.504 e. The predicted molar refractivity (Wildman–Crippen MR) is 88.3 cm³/mol. The lowest BCUT2D eigenvalue weighted by atomic mass is 9.51. The summed E-state index contributed by atoms with van der Waals surface area (Å²) in [5, 5.41) is 10.2. The first-order chi connectivity index (χ1) is 11.0. The Morgan fingerprint density at radius 1 is 1.39 bits per heavy atom. The fourth-order valence-corrected chi connectivity index (χ4v) is 5.91. The third kappa shape index (κ3) is 1.91. The molecule has 5 heteroatoms. The van der Waals surface area contributed by atoms with E-state index in [2.05, 4.69) is 11.9 Å². The maximum Gasteiger partial charge on any atom is 0.161 e. The van der Waals surface area contributed by atoms with Gasteiger partial charge in [0.05, 0.1) is 12.5 Å². The number of rotatable bonds is 1. The van der Waals surface area contributed by atoms with Gasteiger partial charge in [0.1, 0.15) is 6.17 Å². The average molecular weight is 340 g/mol. The molecule has 1 saturated heterocycles. The second kappa shape index (κ2) is 5.25. The van der Waals surface area contributed by atoms with E-state index in [1.807, 2.05) is 6.07 Å². The van der Waals surface area contributed by atoms with E-state index >= 15 is 0 Å². The summed E-state index contributed by atoms with van der Waals surface area (Å²) in [5.74, 6) is 0.915. The second-order valence-corrected chi connectivity index (χ2v) is 7.76. The summed E-state index contributed by atoms with van der Waals surface area (Å²) in [5.41, 5.74) is 1.46. The third-order valence-corrected chi connectivity index (χ3v) is 7.14. The van der Waals surface area contributed by atoms with Crippen LogP contribution in [0.4, 0.5) is 4.39 Å². The van der Waals surface area contributed by atoms with Gasteiger partial charge in [0, 0.05) is 17.0 Å². The summed E-state index contributed by atoms with van der Waals surface area (Å²) in [6.07, 6.45) is 2.00. The summed E-state index contributed by atoms with van der Waals surface area (Å²) in [6.45, 7) is 0.882. The number of ether oxygens (including phenoxy) is 1. The Labute approximate surface area is 141 Å². The molecule has 0 aromatic heterocycles. The van der Waals surface area contributed by atoms with Crippen LogP contribution in [0.5, 0.6) is 11.5 Å². The summed E-state index contributed by atoms with van der Waals surface area (Å²) < 4.78 is 19.9. The molecule has 2 fully saturated rings. The number of likely N-dealkylation sites (N-methyl/N-ethyl adjacent to an activating group) is 1. The van der Waals surface area contributed by atoms with E-state index in [1.165, 1.54) is 0 Å². The van der Waals surface area contributed by atoms with E-state index in [0.717, 1.165) is 36.9 Å². The topological polar surface area (TPSA) is 32.7 Å². The minimum absolute atomic E-state index is 0.165. The lowest BCUT2D eigenvalue weighted by Gasteiger charge is -2.60. The van der Waals surface area contributed by atoms with Crippen molar-refractivity contribution < 1.29 is 14.2 Å². The van der Waals surface area contributed by atoms with Crippen LogP contribution in [0.25, 0.3) is 0 Å². The lowest BCUT2D eigenvalue weighted by molar-refractivity contribution is -0.0177. The van der Waals surface area contributed by atoms with Gasteiger partial charge < -0.3 is 14.7 Å². The number of fused-ring (bicyclic) bond motifs is 1. The zero-order valence-electron chi connectivity index (χ0n) is 13.6. The van der Waals surface area contributed by atoms with Crippen LogP contribution in [-0.4, -0.2) is 48.3 Å². The molecule has 2 unspecified atom stereocenters. The number of methoxy groups -OCH3 is 1. The molecule has 1 heterocycles. The van der Waals surface area contributed by atoms with Gasteiger partial charge in [-0.05, 0) is 56.8 Å². The molecule has 1 aliphatic heterocycles. The number of hydrogen-bond donors (Lipinski definition) is 1. The first kappa shape index (κ1) is 15.5. The number of nitrogens with zero attached hydrogens (tertiary/aromatic N) is 1. The number of aromatic hydroxyl groups is 1. The van der Waals surface area contributed by atoms with Crippen molar-refractivity contribution >= 4 is 11.6 Å². The Morgan fingerprint density at radius 2 is 2.17 bits per heavy atom. The van der Waals surface area contributed by atoms with Crippen LogP contribution in [0.1, 0.15) is 30.4 Å². The van der Waals surface area contributed by atoms with Crippen LogP contribution in [0, 0.1) is 5.92 Å². The van der Waals surface area contributed by atoms with Crippen molar-refractivity contribution in [1.29, 1.82) is 0 Å². The Morgan fingerprint density at radius 3 is 2.91 bits per heavy atom. The minimum atomic E-state index is -1.02. The smallest absolute Gasteiger partial charge is 0.161 e. The molecule has 23 heavy (non-hydrogen) atoms. The highest BCUT2D eigenvalue weighted by Gasteiger charge is 2.61. The standard InChI is InChI=1S/C18H23ClFNO2/c1-21-8-7-18-11(4-5-12(20)17(18)19)13(21)9-10-3-6-14(23-2)16(22)15(10)18/h3,6,11-13,17,22H,4-5,7-9H2,1-2H3/t11-,12?,13+,17?,18-/m0/s1. The van der Waals surface area contributed by atoms with Gasteiger partial charge in [-0.2, -0.15) is 0 Å². The number of piperidine rings is 1. The molecular weight excluding hydrogens is 317 g/mol. The van der Waals surface area contributed by atoms with Crippen LogP contribution < -0.4 is 4.74 Å². The summed E-state index contributed by atoms with van der Waals surface area (Å²) in [4.78, 5) is 2.38. The van der Waals surface area contributed by atoms with Crippen LogP contribution in [0.3, 0.4) is 0 Å². The summed E-state index contributed by atoms with van der Waals surface area (Å²) >= 11 is 6.69. The van der Waals surface area contributed by atoms with Crippen molar-refractivity contribution in [2.75, 3.05) is 20.7 Å². The highest BCUT2D eigenvalue weighted by molar-refractivity contribution is 6.22. The molecular formula is C18H23ClFNO2. The highest BCUT2D eigenvalue weighted by Crippen LogP contribution is 2.60. The van der Waals surface area contributed by atoms with E-state index in [1.54, 1.807) is 13.2 Å². The van der Waals surface area contributed by atoms with Gasteiger partial charge in [0.25, 0.3) is 0 Å². The maximum atomic E-state index is 14.6. The number of likely N-dealkylation sites (tertiary alicyclic amines) is 1. The summed E-state index contributed by atoms with van der Waals surface area (Å²) in [7, 11) is 3.70. The molecule has 1 aromatic rings. The van der Waals surface area contributed by atoms with E-state index in [4.69, 9.17) is 16.3 Å². The monoisotopic (exact) mass is 339 g/mol. The van der Waals surface area contributed by atoms with E-state index in [0.29, 0.717) is 24.1 Å². The van der Waals surface area contributed by atoms with Gasteiger partial charge in [0.2, 0.25) is 0 Å². The number of alkyl halides is 2. The number of hydrogen-bond acceptors (Lipinski definition) is 3. The van der Waals surface area contributed by atoms with Crippen LogP contribution in [-0.2, 0) is 11.8 Å². The fraction of sp³-hybridized carbons (Fsp3) is 0.667. The van der Waals surface area contributed by atoms with Crippen molar-refractivity contribution in [3.8, 4) is 11.5 Å². The lowest BCUT2D eigenvalue weighted by Crippen LogP contribution is -2.65. The van der Waals surface area contributed by atoms with Crippen LogP contribution >= 0.6 is 11.6 Å². The maximum absolute atomic E-state index is 14.6. The number of phenols is 1. The molecule has 1 aromatic carbocycles. The molecule has 0 radical (unpaired) electrons. The molecule has 3 nitrogen and oxygen atoms in total. The average Bonchev–Trinajstić information content (AvgIpc) is 2.54. The van der Waals surface area contributed by atoms with E-state index in [-0.39, 0.29) is 5.75 Å². The first-order valence-corrected chi connectivity index (χ1v) is 8.82. The molecule has 2 bridgehead atoms. The molecule has 4 rings (SSSR count). The molecule has 3 aliphatic rings. The Kier molecular flexibility index (Phi) is 3.54. The van der Waals surface area contributed by atoms with Crippen molar-refractivity contribution in [3.05, 3.63) is 23.3 Å². The normalized spacial score (nSPS) is 39.5. The van der Waals surface area contributed by atoms with E-state index < -0.39 is 17.0 Å². The molecule has 1 N–H and O–H groups in total. The Balaban J connectivity index is 1.97. The van der Waals surface area contributed by atoms with Gasteiger partial charge >= 0.3 is 0 Å². The Bertz CT molecular complexity index is 640. The van der Waals surface area contributed by atoms with Gasteiger partial charge in [0.15, 0.2) is 11.5 Å². The van der Waals surface area contributed by atoms with E-state index in [9.17, 15) is 9.50 Å². The zero-order valence-corrected chi connectivity index (χ0v) is 14.3. The fourth-order valence-electron chi connectivity index (χ4n) is 5.40. The van der Waals surface area contributed by atoms with Gasteiger partial charge in [-0.25, -0.2) is 4.39 Å².